The summed E-state index contributed by atoms with van der Waals surface area (Å²) in [6, 6.07) is 0. The summed E-state index contributed by atoms with van der Waals surface area (Å²) in [4.78, 5) is 12.2. The van der Waals surface area contributed by atoms with Gasteiger partial charge in [0.2, 0.25) is 0 Å². The van der Waals surface area contributed by atoms with E-state index in [1.165, 1.54) is 0 Å². The molecule has 3 heterocycles. The van der Waals surface area contributed by atoms with Crippen LogP contribution in [0.3, 0.4) is 0 Å². The Bertz CT molecular complexity index is 286. The van der Waals surface area contributed by atoms with E-state index in [4.69, 9.17) is 14.2 Å². The number of ether oxygens (including phenoxy) is 3. The molecule has 4 heteroatoms. The Hall–Kier alpha value is -0.450. The number of hydrogen-bond donors (Lipinski definition) is 0. The van der Waals surface area contributed by atoms with E-state index in [-0.39, 0.29) is 12.2 Å². The van der Waals surface area contributed by atoms with Gasteiger partial charge in [0, 0.05) is 18.8 Å². The Morgan fingerprint density at radius 2 is 1.72 bits per heavy atom. The molecule has 0 saturated carbocycles. The lowest BCUT2D eigenvalue weighted by Gasteiger charge is -2.28. The van der Waals surface area contributed by atoms with Crippen LogP contribution in [0.2, 0.25) is 0 Å². The largest absolute Gasteiger partial charge is 0.375 e. The molecule has 0 N–H and O–H groups in total. The molecule has 2 bridgehead atoms. The highest BCUT2D eigenvalue weighted by Gasteiger charge is 2.37. The van der Waals surface area contributed by atoms with Gasteiger partial charge in [0.15, 0.2) is 6.29 Å². The summed E-state index contributed by atoms with van der Waals surface area (Å²) in [6.45, 7) is 1.53. The Morgan fingerprint density at radius 3 is 2.39 bits per heavy atom. The van der Waals surface area contributed by atoms with Gasteiger partial charge in [-0.05, 0) is 32.1 Å². The number of Topliss-reactive ketones (excluding diaryl/α,β-unsaturated/α-hetero) is 1. The second-order valence-electron chi connectivity index (χ2n) is 5.66. The zero-order valence-electron chi connectivity index (χ0n) is 10.8. The third-order valence-electron chi connectivity index (χ3n) is 4.27. The number of carbonyl (C=O) groups is 1. The van der Waals surface area contributed by atoms with E-state index >= 15 is 0 Å². The number of ketones is 1. The summed E-state index contributed by atoms with van der Waals surface area (Å²) in [5, 5.41) is 0. The molecular formula is C14H22O4. The van der Waals surface area contributed by atoms with Crippen LogP contribution in [0.1, 0.15) is 44.9 Å². The molecule has 18 heavy (non-hydrogen) atoms. The molecule has 0 radical (unpaired) electrons. The predicted octanol–water partition coefficient (Wildman–Crippen LogP) is 2.06. The van der Waals surface area contributed by atoms with E-state index in [9.17, 15) is 4.79 Å². The van der Waals surface area contributed by atoms with Crippen LogP contribution < -0.4 is 0 Å². The van der Waals surface area contributed by atoms with Gasteiger partial charge in [-0.1, -0.05) is 0 Å². The molecule has 0 spiro atoms. The van der Waals surface area contributed by atoms with Crippen molar-refractivity contribution in [3.05, 3.63) is 0 Å². The van der Waals surface area contributed by atoms with Crippen LogP contribution in [-0.2, 0) is 19.0 Å². The van der Waals surface area contributed by atoms with Gasteiger partial charge in [-0.3, -0.25) is 4.79 Å². The predicted molar refractivity (Wildman–Crippen MR) is 65.2 cm³/mol. The first-order chi connectivity index (χ1) is 8.81. The van der Waals surface area contributed by atoms with E-state index in [0.29, 0.717) is 30.8 Å². The molecule has 2 atom stereocenters. The van der Waals surface area contributed by atoms with Crippen LogP contribution in [0.5, 0.6) is 0 Å². The summed E-state index contributed by atoms with van der Waals surface area (Å²) in [5.41, 5.74) is 0. The van der Waals surface area contributed by atoms with Gasteiger partial charge in [0.05, 0.1) is 25.4 Å². The Morgan fingerprint density at radius 1 is 1.06 bits per heavy atom. The second-order valence-corrected chi connectivity index (χ2v) is 5.66. The van der Waals surface area contributed by atoms with E-state index in [0.717, 1.165) is 45.3 Å². The Balaban J connectivity index is 1.43. The van der Waals surface area contributed by atoms with Gasteiger partial charge < -0.3 is 14.2 Å². The average molecular weight is 254 g/mol. The summed E-state index contributed by atoms with van der Waals surface area (Å²) >= 11 is 0. The van der Waals surface area contributed by atoms with Crippen molar-refractivity contribution < 1.29 is 19.0 Å². The molecule has 2 unspecified atom stereocenters. The SMILES string of the molecule is O=C(CCC1OCCCO1)C1CC2CCC(C1)O2. The molecule has 0 amide bonds. The highest BCUT2D eigenvalue weighted by atomic mass is 16.7. The number of rotatable bonds is 4. The zero-order chi connectivity index (χ0) is 12.4. The molecule has 0 aromatic heterocycles. The standard InChI is InChI=1S/C14H22O4/c15-13(4-5-14-16-6-1-7-17-14)10-8-11-2-3-12(9-10)18-11/h10-12,14H,1-9H2. The van der Waals surface area contributed by atoms with E-state index in [1.54, 1.807) is 0 Å². The van der Waals surface area contributed by atoms with Gasteiger partial charge in [-0.2, -0.15) is 0 Å². The highest BCUT2D eigenvalue weighted by Crippen LogP contribution is 2.36. The van der Waals surface area contributed by atoms with Crippen LogP contribution in [-0.4, -0.2) is 37.5 Å². The summed E-state index contributed by atoms with van der Waals surface area (Å²) in [7, 11) is 0. The highest BCUT2D eigenvalue weighted by molar-refractivity contribution is 5.81. The van der Waals surface area contributed by atoms with Crippen LogP contribution in [0.25, 0.3) is 0 Å². The van der Waals surface area contributed by atoms with Crippen molar-refractivity contribution in [3.8, 4) is 0 Å². The van der Waals surface area contributed by atoms with E-state index in [1.807, 2.05) is 0 Å². The molecule has 0 aromatic carbocycles. The molecule has 3 saturated heterocycles. The molecule has 3 fully saturated rings. The maximum atomic E-state index is 12.2. The fraction of sp³-hybridized carbons (Fsp3) is 0.929. The first kappa shape index (κ1) is 12.6. The molecule has 4 nitrogen and oxygen atoms in total. The fourth-order valence-electron chi connectivity index (χ4n) is 3.29. The maximum absolute atomic E-state index is 12.2. The molecule has 0 aromatic rings. The van der Waals surface area contributed by atoms with Gasteiger partial charge >= 0.3 is 0 Å². The molecule has 0 aliphatic carbocycles. The summed E-state index contributed by atoms with van der Waals surface area (Å²) in [6.07, 6.45) is 6.96. The fourth-order valence-corrected chi connectivity index (χ4v) is 3.29. The minimum Gasteiger partial charge on any atom is -0.375 e. The first-order valence-electron chi connectivity index (χ1n) is 7.22. The number of hydrogen-bond acceptors (Lipinski definition) is 4. The third kappa shape index (κ3) is 2.92. The van der Waals surface area contributed by atoms with Crippen LogP contribution >= 0.6 is 0 Å². The van der Waals surface area contributed by atoms with Crippen LogP contribution in [0.15, 0.2) is 0 Å². The minimum absolute atomic E-state index is 0.153. The molecular weight excluding hydrogens is 232 g/mol. The molecule has 3 aliphatic rings. The third-order valence-corrected chi connectivity index (χ3v) is 4.27. The van der Waals surface area contributed by atoms with Gasteiger partial charge in [0.1, 0.15) is 5.78 Å². The van der Waals surface area contributed by atoms with Gasteiger partial charge in [0.25, 0.3) is 0 Å². The maximum Gasteiger partial charge on any atom is 0.157 e. The monoisotopic (exact) mass is 254 g/mol. The molecule has 102 valence electrons. The summed E-state index contributed by atoms with van der Waals surface area (Å²) < 4.78 is 16.7. The van der Waals surface area contributed by atoms with Crippen molar-refractivity contribution in [1.82, 2.24) is 0 Å². The lowest BCUT2D eigenvalue weighted by atomic mass is 9.89. The van der Waals surface area contributed by atoms with E-state index < -0.39 is 0 Å². The lowest BCUT2D eigenvalue weighted by molar-refractivity contribution is -0.182. The minimum atomic E-state index is -0.153. The quantitative estimate of drug-likeness (QED) is 0.770. The number of carbonyl (C=O) groups excluding carboxylic acids is 1. The van der Waals surface area contributed by atoms with Crippen molar-refractivity contribution in [2.45, 2.75) is 63.4 Å². The molecule has 3 aliphatic heterocycles. The van der Waals surface area contributed by atoms with Crippen molar-refractivity contribution in [3.63, 3.8) is 0 Å². The van der Waals surface area contributed by atoms with Crippen molar-refractivity contribution >= 4 is 5.78 Å². The smallest absolute Gasteiger partial charge is 0.157 e. The second kappa shape index (κ2) is 5.68. The van der Waals surface area contributed by atoms with Gasteiger partial charge in [-0.15, -0.1) is 0 Å². The van der Waals surface area contributed by atoms with Crippen molar-refractivity contribution in [2.24, 2.45) is 5.92 Å². The Kier molecular flexibility index (Phi) is 3.97. The van der Waals surface area contributed by atoms with Crippen LogP contribution in [0.4, 0.5) is 0 Å². The van der Waals surface area contributed by atoms with Crippen LogP contribution in [0, 0.1) is 5.92 Å². The molecule has 3 rings (SSSR count). The van der Waals surface area contributed by atoms with E-state index in [2.05, 4.69) is 0 Å². The number of fused-ring (bicyclic) bond motifs is 2. The Labute approximate surface area is 108 Å². The first-order valence-corrected chi connectivity index (χ1v) is 7.22. The summed E-state index contributed by atoms with van der Waals surface area (Å²) in [5.74, 6) is 0.604. The zero-order valence-corrected chi connectivity index (χ0v) is 10.8. The normalized spacial score (nSPS) is 36.8. The lowest BCUT2D eigenvalue weighted by Crippen LogP contribution is -2.31. The average Bonchev–Trinajstić information content (AvgIpc) is 2.76. The van der Waals surface area contributed by atoms with Crippen molar-refractivity contribution in [2.75, 3.05) is 13.2 Å². The topological polar surface area (TPSA) is 44.8 Å². The van der Waals surface area contributed by atoms with Gasteiger partial charge in [-0.25, -0.2) is 0 Å². The van der Waals surface area contributed by atoms with Crippen molar-refractivity contribution in [1.29, 1.82) is 0 Å².